The third-order valence-corrected chi connectivity index (χ3v) is 4.70. The van der Waals surface area contributed by atoms with E-state index in [1.807, 2.05) is 0 Å². The fourth-order valence-electron chi connectivity index (χ4n) is 3.16. The Bertz CT molecular complexity index is 610. The monoisotopic (exact) mass is 333 g/mol. The van der Waals surface area contributed by atoms with E-state index in [9.17, 15) is 14.9 Å². The van der Waals surface area contributed by atoms with Gasteiger partial charge in [0.15, 0.2) is 0 Å². The molecule has 3 N–H and O–H groups in total. The zero-order valence-corrected chi connectivity index (χ0v) is 13.8. The number of hydrogen-bond donors (Lipinski definition) is 3. The molecule has 130 valence electrons. The zero-order valence-electron chi connectivity index (χ0n) is 13.8. The maximum absolute atomic E-state index is 12.2. The van der Waals surface area contributed by atoms with Gasteiger partial charge in [-0.15, -0.1) is 0 Å². The van der Waals surface area contributed by atoms with Crippen molar-refractivity contribution in [2.24, 2.45) is 0 Å². The van der Waals surface area contributed by atoms with Crippen LogP contribution >= 0.6 is 0 Å². The van der Waals surface area contributed by atoms with E-state index in [0.29, 0.717) is 23.8 Å². The molecule has 0 radical (unpaired) electrons. The zero-order chi connectivity index (χ0) is 16.9. The first-order chi connectivity index (χ1) is 11.6. The van der Waals surface area contributed by atoms with Crippen molar-refractivity contribution in [3.63, 3.8) is 0 Å². The number of benzene rings is 1. The number of quaternary nitrogens is 1. The molecule has 1 aromatic carbocycles. The number of hydrogen-bond acceptors (Lipinski definition) is 4. The summed E-state index contributed by atoms with van der Waals surface area (Å²) in [5, 5.41) is 17.2. The van der Waals surface area contributed by atoms with Gasteiger partial charge in [0.05, 0.1) is 24.6 Å². The van der Waals surface area contributed by atoms with Gasteiger partial charge in [-0.1, -0.05) is 0 Å². The lowest BCUT2D eigenvalue weighted by molar-refractivity contribution is -0.887. The Hall–Kier alpha value is -2.15. The van der Waals surface area contributed by atoms with Crippen LogP contribution < -0.4 is 15.5 Å². The fraction of sp³-hybridized carbons (Fsp3) is 0.588. The third kappa shape index (κ3) is 4.44. The summed E-state index contributed by atoms with van der Waals surface area (Å²) < 4.78 is 0. The minimum absolute atomic E-state index is 0.0314. The quantitative estimate of drug-likeness (QED) is 0.376. The molecule has 1 saturated heterocycles. The topological polar surface area (TPSA) is 88.7 Å². The first-order valence-corrected chi connectivity index (χ1v) is 8.80. The summed E-state index contributed by atoms with van der Waals surface area (Å²) in [6.45, 7) is 4.15. The molecule has 0 atom stereocenters. The molecule has 0 spiro atoms. The third-order valence-electron chi connectivity index (χ3n) is 4.70. The van der Waals surface area contributed by atoms with Gasteiger partial charge in [-0.25, -0.2) is 0 Å². The van der Waals surface area contributed by atoms with Gasteiger partial charge < -0.3 is 15.5 Å². The van der Waals surface area contributed by atoms with Crippen molar-refractivity contribution < 1.29 is 14.6 Å². The minimum atomic E-state index is -0.432. The van der Waals surface area contributed by atoms with Crippen molar-refractivity contribution in [1.82, 2.24) is 5.32 Å². The number of likely N-dealkylation sites (tertiary alicyclic amines) is 1. The molecule has 1 aliphatic carbocycles. The number of rotatable bonds is 8. The van der Waals surface area contributed by atoms with Crippen molar-refractivity contribution in [2.75, 3.05) is 31.5 Å². The van der Waals surface area contributed by atoms with Crippen molar-refractivity contribution in [1.29, 1.82) is 0 Å². The molecule has 0 aromatic heterocycles. The van der Waals surface area contributed by atoms with Crippen LogP contribution in [-0.2, 0) is 0 Å². The van der Waals surface area contributed by atoms with Gasteiger partial charge in [-0.05, 0) is 25.0 Å². The molecule has 1 saturated carbocycles. The second kappa shape index (κ2) is 7.61. The molecule has 1 amide bonds. The maximum atomic E-state index is 12.2. The van der Waals surface area contributed by atoms with E-state index in [-0.39, 0.29) is 11.6 Å². The lowest BCUT2D eigenvalue weighted by Crippen LogP contribution is -3.10. The summed E-state index contributed by atoms with van der Waals surface area (Å²) in [7, 11) is 0. The highest BCUT2D eigenvalue weighted by atomic mass is 16.6. The number of nitro benzene ring substituents is 1. The highest BCUT2D eigenvalue weighted by molar-refractivity contribution is 5.95. The summed E-state index contributed by atoms with van der Waals surface area (Å²) in [5.74, 6) is -0.243. The number of nitrogens with one attached hydrogen (secondary N) is 3. The smallest absolute Gasteiger partial charge is 0.293 e. The van der Waals surface area contributed by atoms with Gasteiger partial charge >= 0.3 is 0 Å². The lowest BCUT2D eigenvalue weighted by Gasteiger charge is -2.12. The normalized spacial score (nSPS) is 17.7. The molecule has 7 nitrogen and oxygen atoms in total. The molecule has 1 heterocycles. The number of amides is 1. The van der Waals surface area contributed by atoms with Crippen molar-refractivity contribution >= 4 is 17.3 Å². The average molecular weight is 333 g/mol. The number of carbonyl (C=O) groups is 1. The van der Waals surface area contributed by atoms with E-state index in [0.717, 1.165) is 25.8 Å². The van der Waals surface area contributed by atoms with Crippen LogP contribution in [0.5, 0.6) is 0 Å². The van der Waals surface area contributed by atoms with Gasteiger partial charge in [0, 0.05) is 43.5 Å². The highest BCUT2D eigenvalue weighted by Gasteiger charge is 2.25. The Balaban J connectivity index is 1.53. The van der Waals surface area contributed by atoms with Gasteiger partial charge in [-0.2, -0.15) is 0 Å². The summed E-state index contributed by atoms with van der Waals surface area (Å²) >= 11 is 0. The van der Waals surface area contributed by atoms with E-state index in [2.05, 4.69) is 10.6 Å². The Labute approximate surface area is 141 Å². The summed E-state index contributed by atoms with van der Waals surface area (Å²) in [6.07, 6.45) is 5.61. The molecule has 1 aliphatic heterocycles. The maximum Gasteiger partial charge on any atom is 0.293 e. The summed E-state index contributed by atoms with van der Waals surface area (Å²) in [6, 6.07) is 4.99. The molecule has 0 unspecified atom stereocenters. The van der Waals surface area contributed by atoms with Crippen LogP contribution in [0.4, 0.5) is 11.4 Å². The Kier molecular flexibility index (Phi) is 5.30. The molecule has 2 fully saturated rings. The second-order valence-corrected chi connectivity index (χ2v) is 6.72. The SMILES string of the molecule is O=C(NCCC[NH+]1CCCC1)c1ccc(NC2CC2)c([N+](=O)[O-])c1. The molecule has 7 heteroatoms. The first-order valence-electron chi connectivity index (χ1n) is 8.80. The van der Waals surface area contributed by atoms with Gasteiger partial charge in [-0.3, -0.25) is 14.9 Å². The van der Waals surface area contributed by atoms with Crippen LogP contribution in [0.25, 0.3) is 0 Å². The van der Waals surface area contributed by atoms with Crippen LogP contribution in [0.3, 0.4) is 0 Å². The van der Waals surface area contributed by atoms with Crippen LogP contribution in [0.15, 0.2) is 18.2 Å². The lowest BCUT2D eigenvalue weighted by atomic mass is 10.1. The van der Waals surface area contributed by atoms with E-state index < -0.39 is 4.92 Å². The number of nitro groups is 1. The Morgan fingerprint density at radius 3 is 2.71 bits per heavy atom. The predicted octanol–water partition coefficient (Wildman–Crippen LogP) is 0.968. The van der Waals surface area contributed by atoms with E-state index in [1.165, 1.54) is 32.0 Å². The first kappa shape index (κ1) is 16.7. The fourth-order valence-corrected chi connectivity index (χ4v) is 3.16. The molecule has 3 rings (SSSR count). The van der Waals surface area contributed by atoms with Crippen molar-refractivity contribution in [3.8, 4) is 0 Å². The van der Waals surface area contributed by atoms with Crippen LogP contribution in [0, 0.1) is 10.1 Å². The van der Waals surface area contributed by atoms with Gasteiger partial charge in [0.25, 0.3) is 11.6 Å². The Morgan fingerprint density at radius 2 is 2.04 bits per heavy atom. The van der Waals surface area contributed by atoms with E-state index in [4.69, 9.17) is 0 Å². The number of nitrogens with zero attached hydrogens (tertiary/aromatic N) is 1. The minimum Gasteiger partial charge on any atom is -0.377 e. The van der Waals surface area contributed by atoms with Crippen LogP contribution in [0.2, 0.25) is 0 Å². The summed E-state index contributed by atoms with van der Waals surface area (Å²) in [5.41, 5.74) is 0.810. The molecule has 2 aliphatic rings. The Morgan fingerprint density at radius 1 is 1.29 bits per heavy atom. The number of carbonyl (C=O) groups excluding carboxylic acids is 1. The van der Waals surface area contributed by atoms with Gasteiger partial charge in [0.1, 0.15) is 5.69 Å². The molecule has 0 bridgehead atoms. The number of anilines is 1. The average Bonchev–Trinajstić information content (AvgIpc) is 3.23. The highest BCUT2D eigenvalue weighted by Crippen LogP contribution is 2.31. The summed E-state index contributed by atoms with van der Waals surface area (Å²) in [4.78, 5) is 24.6. The van der Waals surface area contributed by atoms with E-state index in [1.54, 1.807) is 17.0 Å². The molecular formula is C17H25N4O3+. The second-order valence-electron chi connectivity index (χ2n) is 6.72. The van der Waals surface area contributed by atoms with Crippen LogP contribution in [-0.4, -0.2) is 43.1 Å². The van der Waals surface area contributed by atoms with Gasteiger partial charge in [0.2, 0.25) is 0 Å². The van der Waals surface area contributed by atoms with Crippen molar-refractivity contribution in [3.05, 3.63) is 33.9 Å². The standard InChI is InChI=1S/C17H24N4O3/c22-17(18-8-3-11-20-9-1-2-10-20)13-4-7-15(19-14-5-6-14)16(12-13)21(23)24/h4,7,12,14,19H,1-3,5-6,8-11H2,(H,18,22)/p+1. The van der Waals surface area contributed by atoms with Crippen molar-refractivity contribution in [2.45, 2.75) is 38.1 Å². The van der Waals surface area contributed by atoms with Crippen LogP contribution in [0.1, 0.15) is 42.5 Å². The molecule has 24 heavy (non-hydrogen) atoms. The van der Waals surface area contributed by atoms with E-state index >= 15 is 0 Å². The predicted molar refractivity (Wildman–Crippen MR) is 91.5 cm³/mol. The molecular weight excluding hydrogens is 308 g/mol. The largest absolute Gasteiger partial charge is 0.377 e. The molecule has 1 aromatic rings.